The molecule has 2 aromatic heterocycles. The summed E-state index contributed by atoms with van der Waals surface area (Å²) in [5.41, 5.74) is 5.48. The quantitative estimate of drug-likeness (QED) is 0.742. The zero-order valence-electron chi connectivity index (χ0n) is 14.3. The second-order valence-electron chi connectivity index (χ2n) is 5.89. The van der Waals surface area contributed by atoms with E-state index in [2.05, 4.69) is 20.6 Å². The van der Waals surface area contributed by atoms with Crippen LogP contribution in [-0.2, 0) is 6.54 Å². The number of amides is 1. The smallest absolute Gasteiger partial charge is 0.274 e. The average molecular weight is 332 g/mol. The second kappa shape index (κ2) is 7.57. The first-order chi connectivity index (χ1) is 12.1. The molecule has 3 aromatic rings. The van der Waals surface area contributed by atoms with Gasteiger partial charge in [-0.25, -0.2) is 4.98 Å². The minimum atomic E-state index is -0.219. The molecule has 0 aliphatic heterocycles. The lowest BCUT2D eigenvalue weighted by atomic mass is 10.1. The van der Waals surface area contributed by atoms with Crippen molar-refractivity contribution in [3.05, 3.63) is 83.4 Å². The van der Waals surface area contributed by atoms with Gasteiger partial charge in [-0.2, -0.15) is 0 Å². The third kappa shape index (κ3) is 4.41. The van der Waals surface area contributed by atoms with E-state index in [0.717, 1.165) is 22.5 Å². The molecule has 126 valence electrons. The highest BCUT2D eigenvalue weighted by Crippen LogP contribution is 2.15. The van der Waals surface area contributed by atoms with E-state index in [4.69, 9.17) is 0 Å². The molecule has 0 bridgehead atoms. The third-order valence-corrected chi connectivity index (χ3v) is 4.01. The van der Waals surface area contributed by atoms with Gasteiger partial charge in [0.15, 0.2) is 0 Å². The lowest BCUT2D eigenvalue weighted by Gasteiger charge is -2.09. The lowest BCUT2D eigenvalue weighted by Crippen LogP contribution is -2.14. The van der Waals surface area contributed by atoms with E-state index < -0.39 is 0 Å². The molecular formula is C20H20N4O. The van der Waals surface area contributed by atoms with Crippen molar-refractivity contribution in [1.82, 2.24) is 9.97 Å². The molecule has 3 rings (SSSR count). The van der Waals surface area contributed by atoms with Crippen LogP contribution in [0.4, 0.5) is 11.4 Å². The van der Waals surface area contributed by atoms with Gasteiger partial charge in [0.1, 0.15) is 5.69 Å². The summed E-state index contributed by atoms with van der Waals surface area (Å²) in [6, 6.07) is 13.3. The van der Waals surface area contributed by atoms with Gasteiger partial charge in [0, 0.05) is 24.6 Å². The van der Waals surface area contributed by atoms with Crippen LogP contribution in [0, 0.1) is 13.8 Å². The van der Waals surface area contributed by atoms with Crippen LogP contribution in [0.1, 0.15) is 27.2 Å². The van der Waals surface area contributed by atoms with Crippen LogP contribution >= 0.6 is 0 Å². The Balaban J connectivity index is 1.61. The number of carbonyl (C=O) groups excluding carboxylic acids is 1. The molecule has 0 atom stereocenters. The van der Waals surface area contributed by atoms with E-state index in [9.17, 15) is 4.79 Å². The first-order valence-electron chi connectivity index (χ1n) is 8.09. The maximum Gasteiger partial charge on any atom is 0.274 e. The van der Waals surface area contributed by atoms with E-state index in [1.54, 1.807) is 24.7 Å². The molecule has 0 unspecified atom stereocenters. The zero-order chi connectivity index (χ0) is 17.6. The third-order valence-electron chi connectivity index (χ3n) is 4.01. The van der Waals surface area contributed by atoms with Gasteiger partial charge >= 0.3 is 0 Å². The lowest BCUT2D eigenvalue weighted by molar-refractivity contribution is 0.102. The van der Waals surface area contributed by atoms with E-state index in [1.165, 1.54) is 5.56 Å². The predicted molar refractivity (Wildman–Crippen MR) is 99.7 cm³/mol. The number of hydrogen-bond acceptors (Lipinski definition) is 4. The number of nitrogens with zero attached hydrogens (tertiary/aromatic N) is 2. The van der Waals surface area contributed by atoms with Crippen LogP contribution in [0.2, 0.25) is 0 Å². The molecule has 0 saturated heterocycles. The van der Waals surface area contributed by atoms with Gasteiger partial charge in [-0.15, -0.1) is 0 Å². The monoisotopic (exact) mass is 332 g/mol. The maximum atomic E-state index is 12.3. The topological polar surface area (TPSA) is 66.9 Å². The molecule has 2 N–H and O–H groups in total. The number of pyridine rings is 2. The number of nitrogens with one attached hydrogen (secondary N) is 2. The van der Waals surface area contributed by atoms with E-state index in [0.29, 0.717) is 12.2 Å². The van der Waals surface area contributed by atoms with E-state index in [-0.39, 0.29) is 5.91 Å². The summed E-state index contributed by atoms with van der Waals surface area (Å²) in [6.07, 6.45) is 5.18. The summed E-state index contributed by atoms with van der Waals surface area (Å²) in [5, 5.41) is 6.14. The van der Waals surface area contributed by atoms with Gasteiger partial charge in [-0.05, 0) is 66.9 Å². The number of benzene rings is 1. The highest BCUT2D eigenvalue weighted by atomic mass is 16.1. The fourth-order valence-electron chi connectivity index (χ4n) is 2.35. The highest BCUT2D eigenvalue weighted by Gasteiger charge is 2.08. The first-order valence-corrected chi connectivity index (χ1v) is 8.09. The summed E-state index contributed by atoms with van der Waals surface area (Å²) >= 11 is 0. The predicted octanol–water partition coefficient (Wildman–Crippen LogP) is 3.96. The molecule has 5 heteroatoms. The van der Waals surface area contributed by atoms with Crippen LogP contribution in [0.5, 0.6) is 0 Å². The van der Waals surface area contributed by atoms with Crippen LogP contribution in [0.15, 0.2) is 61.1 Å². The maximum absolute atomic E-state index is 12.3. The van der Waals surface area contributed by atoms with Crippen molar-refractivity contribution in [2.24, 2.45) is 0 Å². The standard InChI is InChI=1S/C20H20N4O/c1-14-3-4-17(11-15(14)2)24-20(25)19-6-5-18(13-23-19)22-12-16-7-9-21-10-8-16/h3-11,13,22H,12H2,1-2H3,(H,24,25). The Bertz CT molecular complexity index is 861. The Hall–Kier alpha value is -3.21. The fourth-order valence-corrected chi connectivity index (χ4v) is 2.35. The fraction of sp³-hybridized carbons (Fsp3) is 0.150. The Morgan fingerprint density at radius 2 is 1.72 bits per heavy atom. The number of carbonyl (C=O) groups is 1. The van der Waals surface area contributed by atoms with E-state index in [1.807, 2.05) is 50.2 Å². The zero-order valence-corrected chi connectivity index (χ0v) is 14.3. The van der Waals surface area contributed by atoms with Crippen LogP contribution in [0.25, 0.3) is 0 Å². The molecule has 1 aromatic carbocycles. The number of aryl methyl sites for hydroxylation is 2. The first kappa shape index (κ1) is 16.6. The number of aromatic nitrogens is 2. The van der Waals surface area contributed by atoms with Crippen LogP contribution < -0.4 is 10.6 Å². The Morgan fingerprint density at radius 3 is 2.40 bits per heavy atom. The van der Waals surface area contributed by atoms with Crippen molar-refractivity contribution in [3.8, 4) is 0 Å². The molecule has 0 spiro atoms. The minimum Gasteiger partial charge on any atom is -0.380 e. The molecule has 25 heavy (non-hydrogen) atoms. The highest BCUT2D eigenvalue weighted by molar-refractivity contribution is 6.03. The molecule has 0 aliphatic rings. The van der Waals surface area contributed by atoms with Crippen molar-refractivity contribution in [1.29, 1.82) is 0 Å². The summed E-state index contributed by atoms with van der Waals surface area (Å²) < 4.78 is 0. The van der Waals surface area contributed by atoms with Gasteiger partial charge < -0.3 is 10.6 Å². The largest absolute Gasteiger partial charge is 0.380 e. The summed E-state index contributed by atoms with van der Waals surface area (Å²) in [7, 11) is 0. The van der Waals surface area contributed by atoms with Crippen molar-refractivity contribution in [2.45, 2.75) is 20.4 Å². The number of hydrogen-bond donors (Lipinski definition) is 2. The summed E-state index contributed by atoms with van der Waals surface area (Å²) in [4.78, 5) is 20.5. The number of anilines is 2. The molecule has 0 saturated carbocycles. The molecule has 0 radical (unpaired) electrons. The van der Waals surface area contributed by atoms with Crippen molar-refractivity contribution < 1.29 is 4.79 Å². The van der Waals surface area contributed by atoms with Gasteiger partial charge in [0.05, 0.1) is 11.9 Å². The van der Waals surface area contributed by atoms with Gasteiger partial charge in [-0.1, -0.05) is 6.07 Å². The van der Waals surface area contributed by atoms with Crippen molar-refractivity contribution in [2.75, 3.05) is 10.6 Å². The van der Waals surface area contributed by atoms with Crippen molar-refractivity contribution in [3.63, 3.8) is 0 Å². The molecule has 0 fully saturated rings. The second-order valence-corrected chi connectivity index (χ2v) is 5.89. The van der Waals surface area contributed by atoms with Crippen molar-refractivity contribution >= 4 is 17.3 Å². The SMILES string of the molecule is Cc1ccc(NC(=O)c2ccc(NCc3ccncc3)cn2)cc1C. The molecule has 5 nitrogen and oxygen atoms in total. The summed E-state index contributed by atoms with van der Waals surface area (Å²) in [6.45, 7) is 4.74. The Labute approximate surface area is 147 Å². The van der Waals surface area contributed by atoms with Crippen LogP contribution in [-0.4, -0.2) is 15.9 Å². The van der Waals surface area contributed by atoms with Crippen LogP contribution in [0.3, 0.4) is 0 Å². The minimum absolute atomic E-state index is 0.219. The molecule has 0 aliphatic carbocycles. The van der Waals surface area contributed by atoms with Gasteiger partial charge in [0.25, 0.3) is 5.91 Å². The van der Waals surface area contributed by atoms with Gasteiger partial charge in [0.2, 0.25) is 0 Å². The van der Waals surface area contributed by atoms with E-state index >= 15 is 0 Å². The normalized spacial score (nSPS) is 10.3. The molecular weight excluding hydrogens is 312 g/mol. The average Bonchev–Trinajstić information content (AvgIpc) is 2.64. The molecule has 2 heterocycles. The molecule has 1 amide bonds. The van der Waals surface area contributed by atoms with Gasteiger partial charge in [-0.3, -0.25) is 9.78 Å². The Morgan fingerprint density at radius 1 is 0.960 bits per heavy atom. The number of rotatable bonds is 5. The summed E-state index contributed by atoms with van der Waals surface area (Å²) in [5.74, 6) is -0.219. The Kier molecular flexibility index (Phi) is 5.04.